The summed E-state index contributed by atoms with van der Waals surface area (Å²) in [5.74, 6) is 2.53. The third-order valence-corrected chi connectivity index (χ3v) is 4.41. The first-order valence-electron chi connectivity index (χ1n) is 9.32. The first-order chi connectivity index (χ1) is 13.8. The molecule has 1 heterocycles. The molecule has 0 fully saturated rings. The van der Waals surface area contributed by atoms with Crippen molar-refractivity contribution >= 4 is 0 Å². The van der Waals surface area contributed by atoms with Gasteiger partial charge in [0.2, 0.25) is 0 Å². The number of benzene rings is 2. The topological polar surface area (TPSA) is 52.6 Å². The van der Waals surface area contributed by atoms with E-state index in [-0.39, 0.29) is 0 Å². The summed E-state index contributed by atoms with van der Waals surface area (Å²) < 4.78 is 16.6. The molecule has 3 rings (SSSR count). The first-order valence-corrected chi connectivity index (χ1v) is 9.32. The molecule has 0 spiro atoms. The van der Waals surface area contributed by atoms with Gasteiger partial charge >= 0.3 is 0 Å². The van der Waals surface area contributed by atoms with Crippen LogP contribution in [0.4, 0.5) is 0 Å². The zero-order valence-corrected chi connectivity index (χ0v) is 16.4. The van der Waals surface area contributed by atoms with Crippen LogP contribution in [-0.4, -0.2) is 25.7 Å². The Labute approximate surface area is 166 Å². The number of rotatable bonds is 10. The average molecular weight is 378 g/mol. The second kappa shape index (κ2) is 10.3. The van der Waals surface area contributed by atoms with E-state index in [0.717, 1.165) is 41.5 Å². The molecule has 0 radical (unpaired) electrons. The molecule has 3 aromatic rings. The predicted octanol–water partition coefficient (Wildman–Crippen LogP) is 4.01. The molecule has 0 saturated heterocycles. The van der Waals surface area contributed by atoms with Crippen LogP contribution in [0.5, 0.6) is 17.2 Å². The quantitative estimate of drug-likeness (QED) is 0.540. The van der Waals surface area contributed by atoms with E-state index in [1.165, 1.54) is 5.56 Å². The molecule has 0 amide bonds. The lowest BCUT2D eigenvalue weighted by atomic mass is 10.1. The van der Waals surface area contributed by atoms with Gasteiger partial charge in [-0.1, -0.05) is 18.2 Å². The third kappa shape index (κ3) is 5.72. The second-order valence-corrected chi connectivity index (χ2v) is 6.36. The highest BCUT2D eigenvalue weighted by Gasteiger charge is 2.07. The Kier molecular flexibility index (Phi) is 7.27. The van der Waals surface area contributed by atoms with Crippen molar-refractivity contribution in [3.05, 3.63) is 83.7 Å². The van der Waals surface area contributed by atoms with Crippen LogP contribution in [-0.2, 0) is 19.6 Å². The third-order valence-electron chi connectivity index (χ3n) is 4.41. The monoisotopic (exact) mass is 378 g/mol. The number of hydrogen-bond donors (Lipinski definition) is 1. The lowest BCUT2D eigenvalue weighted by Gasteiger charge is -2.14. The van der Waals surface area contributed by atoms with Crippen LogP contribution in [0.15, 0.2) is 66.9 Å². The molecule has 2 aromatic carbocycles. The molecule has 0 aliphatic heterocycles. The highest BCUT2D eigenvalue weighted by Crippen LogP contribution is 2.25. The van der Waals surface area contributed by atoms with Gasteiger partial charge in [0.05, 0.1) is 19.9 Å². The highest BCUT2D eigenvalue weighted by atomic mass is 16.5. The van der Waals surface area contributed by atoms with Crippen molar-refractivity contribution in [3.8, 4) is 17.2 Å². The van der Waals surface area contributed by atoms with E-state index < -0.39 is 0 Å². The standard InChI is InChI=1S/C23H26N2O3/c1-26-21-8-5-6-18(14-21)11-13-24-16-19-15-22(27-2)9-10-23(19)28-17-20-7-3-4-12-25-20/h3-10,12,14-15,24H,11,13,16-17H2,1-2H3. The number of nitrogens with zero attached hydrogens (tertiary/aromatic N) is 1. The number of ether oxygens (including phenoxy) is 3. The molecular weight excluding hydrogens is 352 g/mol. The lowest BCUT2D eigenvalue weighted by Crippen LogP contribution is -2.17. The molecule has 1 N–H and O–H groups in total. The minimum Gasteiger partial charge on any atom is -0.497 e. The van der Waals surface area contributed by atoms with Crippen LogP contribution >= 0.6 is 0 Å². The van der Waals surface area contributed by atoms with Crippen molar-refractivity contribution in [1.29, 1.82) is 0 Å². The molecule has 28 heavy (non-hydrogen) atoms. The molecule has 0 aliphatic rings. The van der Waals surface area contributed by atoms with Gasteiger partial charge in [-0.05, 0) is 61.0 Å². The van der Waals surface area contributed by atoms with Gasteiger partial charge in [0, 0.05) is 18.3 Å². The van der Waals surface area contributed by atoms with E-state index >= 15 is 0 Å². The van der Waals surface area contributed by atoms with Gasteiger partial charge in [0.15, 0.2) is 0 Å². The smallest absolute Gasteiger partial charge is 0.130 e. The Balaban J connectivity index is 1.58. The van der Waals surface area contributed by atoms with Crippen molar-refractivity contribution in [2.75, 3.05) is 20.8 Å². The van der Waals surface area contributed by atoms with Crippen LogP contribution in [0.1, 0.15) is 16.8 Å². The van der Waals surface area contributed by atoms with Crippen LogP contribution in [0.25, 0.3) is 0 Å². The molecule has 1 aromatic heterocycles. The van der Waals surface area contributed by atoms with Crippen LogP contribution in [0.2, 0.25) is 0 Å². The van der Waals surface area contributed by atoms with Crippen molar-refractivity contribution in [3.63, 3.8) is 0 Å². The van der Waals surface area contributed by atoms with E-state index in [1.807, 2.05) is 48.5 Å². The summed E-state index contributed by atoms with van der Waals surface area (Å²) in [6.45, 7) is 1.98. The van der Waals surface area contributed by atoms with Crippen LogP contribution in [0.3, 0.4) is 0 Å². The molecular formula is C23H26N2O3. The number of methoxy groups -OCH3 is 2. The zero-order chi connectivity index (χ0) is 19.6. The maximum atomic E-state index is 5.99. The summed E-state index contributed by atoms with van der Waals surface area (Å²) in [4.78, 5) is 4.30. The molecule has 0 unspecified atom stereocenters. The van der Waals surface area contributed by atoms with E-state index in [4.69, 9.17) is 14.2 Å². The molecule has 0 bridgehead atoms. The summed E-state index contributed by atoms with van der Waals surface area (Å²) in [5, 5.41) is 3.49. The highest BCUT2D eigenvalue weighted by molar-refractivity contribution is 5.40. The fraction of sp³-hybridized carbons (Fsp3) is 0.261. The Morgan fingerprint density at radius 3 is 2.54 bits per heavy atom. The van der Waals surface area contributed by atoms with Gasteiger partial charge in [-0.2, -0.15) is 0 Å². The van der Waals surface area contributed by atoms with Gasteiger partial charge in [-0.3, -0.25) is 4.98 Å². The van der Waals surface area contributed by atoms with E-state index in [9.17, 15) is 0 Å². The maximum Gasteiger partial charge on any atom is 0.130 e. The summed E-state index contributed by atoms with van der Waals surface area (Å²) in [6, 6.07) is 19.8. The summed E-state index contributed by atoms with van der Waals surface area (Å²) in [7, 11) is 3.36. The SMILES string of the molecule is COc1cccc(CCNCc2cc(OC)ccc2OCc2ccccn2)c1. The van der Waals surface area contributed by atoms with Crippen LogP contribution < -0.4 is 19.5 Å². The van der Waals surface area contributed by atoms with E-state index in [0.29, 0.717) is 13.2 Å². The number of pyridine rings is 1. The number of hydrogen-bond acceptors (Lipinski definition) is 5. The minimum absolute atomic E-state index is 0.435. The molecule has 5 heteroatoms. The summed E-state index contributed by atoms with van der Waals surface area (Å²) >= 11 is 0. The molecule has 0 atom stereocenters. The Hall–Kier alpha value is -3.05. The summed E-state index contributed by atoms with van der Waals surface area (Å²) in [6.07, 6.45) is 2.69. The normalized spacial score (nSPS) is 10.5. The molecule has 146 valence electrons. The molecule has 0 saturated carbocycles. The second-order valence-electron chi connectivity index (χ2n) is 6.36. The van der Waals surface area contributed by atoms with Crippen molar-refractivity contribution in [1.82, 2.24) is 10.3 Å². The summed E-state index contributed by atoms with van der Waals surface area (Å²) in [5.41, 5.74) is 3.19. The van der Waals surface area contributed by atoms with Gasteiger partial charge < -0.3 is 19.5 Å². The van der Waals surface area contributed by atoms with Crippen LogP contribution in [0, 0.1) is 0 Å². The van der Waals surface area contributed by atoms with Gasteiger partial charge in [0.25, 0.3) is 0 Å². The number of nitrogens with one attached hydrogen (secondary N) is 1. The van der Waals surface area contributed by atoms with E-state index in [2.05, 4.69) is 22.4 Å². The van der Waals surface area contributed by atoms with Gasteiger partial charge in [-0.25, -0.2) is 0 Å². The largest absolute Gasteiger partial charge is 0.497 e. The van der Waals surface area contributed by atoms with E-state index in [1.54, 1.807) is 20.4 Å². The van der Waals surface area contributed by atoms with Crippen molar-refractivity contribution in [2.24, 2.45) is 0 Å². The van der Waals surface area contributed by atoms with Gasteiger partial charge in [0.1, 0.15) is 23.9 Å². The fourth-order valence-electron chi connectivity index (χ4n) is 2.88. The van der Waals surface area contributed by atoms with Crippen molar-refractivity contribution in [2.45, 2.75) is 19.6 Å². The predicted molar refractivity (Wildman–Crippen MR) is 110 cm³/mol. The fourth-order valence-corrected chi connectivity index (χ4v) is 2.88. The Morgan fingerprint density at radius 2 is 1.75 bits per heavy atom. The Bertz CT molecular complexity index is 869. The molecule has 5 nitrogen and oxygen atoms in total. The van der Waals surface area contributed by atoms with Crippen molar-refractivity contribution < 1.29 is 14.2 Å². The average Bonchev–Trinajstić information content (AvgIpc) is 2.76. The molecule has 0 aliphatic carbocycles. The zero-order valence-electron chi connectivity index (χ0n) is 16.4. The number of aromatic nitrogens is 1. The Morgan fingerprint density at radius 1 is 0.893 bits per heavy atom. The minimum atomic E-state index is 0.435. The first kappa shape index (κ1) is 19.7. The lowest BCUT2D eigenvalue weighted by molar-refractivity contribution is 0.296. The maximum absolute atomic E-state index is 5.99. The van der Waals surface area contributed by atoms with Gasteiger partial charge in [-0.15, -0.1) is 0 Å².